The summed E-state index contributed by atoms with van der Waals surface area (Å²) in [7, 11) is 0. The van der Waals surface area contributed by atoms with Crippen LogP contribution >= 0.6 is 12.4 Å². The third kappa shape index (κ3) is 2.87. The highest BCUT2D eigenvalue weighted by Crippen LogP contribution is 2.30. The zero-order valence-corrected chi connectivity index (χ0v) is 9.42. The molecule has 2 aromatic rings. The van der Waals surface area contributed by atoms with Gasteiger partial charge in [-0.05, 0) is 12.1 Å². The lowest BCUT2D eigenvalue weighted by Gasteiger charge is -2.15. The van der Waals surface area contributed by atoms with E-state index < -0.39 is 12.2 Å². The van der Waals surface area contributed by atoms with Crippen LogP contribution in [0.15, 0.2) is 36.4 Å². The average Bonchev–Trinajstić information content (AvgIpc) is 2.26. The van der Waals surface area contributed by atoms with Crippen molar-refractivity contribution in [3.05, 3.63) is 42.1 Å². The molecular weight excluding hydrogens is 253 g/mol. The lowest BCUT2D eigenvalue weighted by molar-refractivity contribution is -0.149. The fourth-order valence-electron chi connectivity index (χ4n) is 1.42. The van der Waals surface area contributed by atoms with Crippen molar-refractivity contribution in [3.8, 4) is 0 Å². The Morgan fingerprint density at radius 3 is 2.35 bits per heavy atom. The molecule has 2 nitrogen and oxygen atoms in total. The number of alkyl halides is 3. The first-order chi connectivity index (χ1) is 7.48. The van der Waals surface area contributed by atoms with Crippen molar-refractivity contribution in [2.75, 3.05) is 0 Å². The molecule has 6 heteroatoms. The predicted molar refractivity (Wildman–Crippen MR) is 62.0 cm³/mol. The van der Waals surface area contributed by atoms with E-state index in [9.17, 15) is 13.2 Å². The summed E-state index contributed by atoms with van der Waals surface area (Å²) in [5, 5.41) is 0.792. The Bertz CT molecular complexity index is 513. The van der Waals surface area contributed by atoms with Crippen molar-refractivity contribution < 1.29 is 13.2 Å². The van der Waals surface area contributed by atoms with Gasteiger partial charge in [-0.2, -0.15) is 13.2 Å². The smallest absolute Gasteiger partial charge is 0.315 e. The Morgan fingerprint density at radius 1 is 1.06 bits per heavy atom. The van der Waals surface area contributed by atoms with Crippen LogP contribution in [0.3, 0.4) is 0 Å². The minimum atomic E-state index is -4.46. The molecule has 0 saturated heterocycles. The van der Waals surface area contributed by atoms with Crippen LogP contribution in [0.4, 0.5) is 13.2 Å². The topological polar surface area (TPSA) is 38.9 Å². The van der Waals surface area contributed by atoms with Crippen LogP contribution in [0, 0.1) is 0 Å². The number of halogens is 4. The third-order valence-corrected chi connectivity index (χ3v) is 2.29. The Morgan fingerprint density at radius 2 is 1.71 bits per heavy atom. The fraction of sp³-hybridized carbons (Fsp3) is 0.182. The highest BCUT2D eigenvalue weighted by molar-refractivity contribution is 5.85. The molecule has 1 aromatic carbocycles. The summed E-state index contributed by atoms with van der Waals surface area (Å²) >= 11 is 0. The van der Waals surface area contributed by atoms with E-state index in [4.69, 9.17) is 5.73 Å². The molecule has 1 aromatic heterocycles. The number of rotatable bonds is 1. The van der Waals surface area contributed by atoms with E-state index in [1.54, 1.807) is 30.3 Å². The van der Waals surface area contributed by atoms with Crippen molar-refractivity contribution in [3.63, 3.8) is 0 Å². The Labute approximate surface area is 102 Å². The second kappa shape index (κ2) is 4.89. The normalized spacial score (nSPS) is 13.2. The minimum absolute atomic E-state index is 0. The first kappa shape index (κ1) is 13.7. The van der Waals surface area contributed by atoms with Crippen molar-refractivity contribution in [2.45, 2.75) is 12.2 Å². The van der Waals surface area contributed by atoms with Gasteiger partial charge in [0.25, 0.3) is 0 Å². The minimum Gasteiger partial charge on any atom is -0.315 e. The molecule has 0 amide bonds. The van der Waals surface area contributed by atoms with Crippen LogP contribution in [0.5, 0.6) is 0 Å². The number of pyridine rings is 1. The monoisotopic (exact) mass is 262 g/mol. The van der Waals surface area contributed by atoms with Crippen LogP contribution in [0.2, 0.25) is 0 Å². The van der Waals surface area contributed by atoms with Crippen molar-refractivity contribution in [1.29, 1.82) is 0 Å². The first-order valence-corrected chi connectivity index (χ1v) is 4.66. The number of benzene rings is 1. The summed E-state index contributed by atoms with van der Waals surface area (Å²) in [6, 6.07) is 7.82. The molecule has 92 valence electrons. The molecular formula is C11H10ClF3N2. The van der Waals surface area contributed by atoms with E-state index in [0.29, 0.717) is 5.52 Å². The number of hydrogen-bond donors (Lipinski definition) is 1. The molecule has 0 unspecified atom stereocenters. The van der Waals surface area contributed by atoms with Crippen LogP contribution in [-0.4, -0.2) is 11.2 Å². The largest absolute Gasteiger partial charge is 0.409 e. The summed E-state index contributed by atoms with van der Waals surface area (Å²) in [6.45, 7) is 0. The average molecular weight is 263 g/mol. The molecule has 1 atom stereocenters. The zero-order chi connectivity index (χ0) is 11.8. The summed E-state index contributed by atoms with van der Waals surface area (Å²) < 4.78 is 37.1. The van der Waals surface area contributed by atoms with Gasteiger partial charge in [-0.25, -0.2) is 0 Å². The number of nitrogens with zero attached hydrogens (tertiary/aromatic N) is 1. The van der Waals surface area contributed by atoms with Gasteiger partial charge in [-0.3, -0.25) is 4.98 Å². The van der Waals surface area contributed by atoms with Crippen LogP contribution in [0.25, 0.3) is 10.9 Å². The molecule has 0 radical (unpaired) electrons. The molecule has 1 heterocycles. The highest BCUT2D eigenvalue weighted by Gasteiger charge is 2.38. The first-order valence-electron chi connectivity index (χ1n) is 4.66. The van der Waals surface area contributed by atoms with E-state index >= 15 is 0 Å². The van der Waals surface area contributed by atoms with Crippen molar-refractivity contribution >= 4 is 23.3 Å². The molecule has 2 N–H and O–H groups in total. The van der Waals surface area contributed by atoms with Crippen molar-refractivity contribution in [1.82, 2.24) is 4.98 Å². The van der Waals surface area contributed by atoms with E-state index in [0.717, 1.165) is 5.39 Å². The van der Waals surface area contributed by atoms with Crippen LogP contribution in [0.1, 0.15) is 11.7 Å². The second-order valence-electron chi connectivity index (χ2n) is 3.45. The van der Waals surface area contributed by atoms with Gasteiger partial charge in [-0.15, -0.1) is 12.4 Å². The zero-order valence-electron chi connectivity index (χ0n) is 8.61. The van der Waals surface area contributed by atoms with E-state index in [1.165, 1.54) is 6.07 Å². The number of nitrogens with two attached hydrogens (primary N) is 1. The van der Waals surface area contributed by atoms with Gasteiger partial charge < -0.3 is 5.73 Å². The van der Waals surface area contributed by atoms with E-state index in [1.807, 2.05) is 0 Å². The molecule has 0 aliphatic rings. The molecule has 2 rings (SSSR count). The Balaban J connectivity index is 0.00000144. The standard InChI is InChI=1S/C11H9F3N2.ClH/c12-11(13,14)10(15)9-6-5-7-3-1-2-4-8(7)16-9;/h1-6,10H,15H2;1H/t10-;/m1./s1. The van der Waals surface area contributed by atoms with Crippen LogP contribution < -0.4 is 5.73 Å². The lowest BCUT2D eigenvalue weighted by Crippen LogP contribution is -2.29. The lowest BCUT2D eigenvalue weighted by atomic mass is 10.1. The second-order valence-corrected chi connectivity index (χ2v) is 3.45. The quantitative estimate of drug-likeness (QED) is 0.857. The maximum Gasteiger partial charge on any atom is 0.409 e. The summed E-state index contributed by atoms with van der Waals surface area (Å²) in [5.74, 6) is 0. The molecule has 0 fully saturated rings. The Kier molecular flexibility index (Phi) is 3.95. The highest BCUT2D eigenvalue weighted by atomic mass is 35.5. The molecule has 17 heavy (non-hydrogen) atoms. The van der Waals surface area contributed by atoms with E-state index in [-0.39, 0.29) is 18.1 Å². The SMILES string of the molecule is Cl.N[C@H](c1ccc2ccccc2n1)C(F)(F)F. The Hall–Kier alpha value is -1.33. The number of para-hydroxylation sites is 1. The van der Waals surface area contributed by atoms with Gasteiger partial charge in [0, 0.05) is 5.39 Å². The fourth-order valence-corrected chi connectivity index (χ4v) is 1.42. The maximum atomic E-state index is 12.4. The third-order valence-electron chi connectivity index (χ3n) is 2.29. The summed E-state index contributed by atoms with van der Waals surface area (Å²) in [5.41, 5.74) is 5.43. The predicted octanol–water partition coefficient (Wildman–Crippen LogP) is 3.22. The summed E-state index contributed by atoms with van der Waals surface area (Å²) in [6.07, 6.45) is -4.46. The number of aromatic nitrogens is 1. The van der Waals surface area contributed by atoms with Gasteiger partial charge >= 0.3 is 6.18 Å². The summed E-state index contributed by atoms with van der Waals surface area (Å²) in [4.78, 5) is 3.90. The molecule has 0 aliphatic carbocycles. The molecule has 0 spiro atoms. The van der Waals surface area contributed by atoms with E-state index in [2.05, 4.69) is 4.98 Å². The van der Waals surface area contributed by atoms with Crippen LogP contribution in [-0.2, 0) is 0 Å². The number of fused-ring (bicyclic) bond motifs is 1. The van der Waals surface area contributed by atoms with Gasteiger partial charge in [0.1, 0.15) is 6.04 Å². The number of hydrogen-bond acceptors (Lipinski definition) is 2. The van der Waals surface area contributed by atoms with Crippen molar-refractivity contribution in [2.24, 2.45) is 5.73 Å². The van der Waals surface area contributed by atoms with Gasteiger partial charge in [-0.1, -0.05) is 24.3 Å². The van der Waals surface area contributed by atoms with Gasteiger partial charge in [0.05, 0.1) is 11.2 Å². The maximum absolute atomic E-state index is 12.4. The molecule has 0 saturated carbocycles. The molecule has 0 aliphatic heterocycles. The molecule has 0 bridgehead atoms. The van der Waals surface area contributed by atoms with Gasteiger partial charge in [0.15, 0.2) is 0 Å². The van der Waals surface area contributed by atoms with Gasteiger partial charge in [0.2, 0.25) is 0 Å².